The summed E-state index contributed by atoms with van der Waals surface area (Å²) in [6.45, 7) is 6.10. The zero-order chi connectivity index (χ0) is 17.2. The summed E-state index contributed by atoms with van der Waals surface area (Å²) < 4.78 is 15.7. The van der Waals surface area contributed by atoms with E-state index in [9.17, 15) is 10.1 Å². The van der Waals surface area contributed by atoms with Gasteiger partial charge in [-0.15, -0.1) is 0 Å². The second kappa shape index (κ2) is 6.33. The van der Waals surface area contributed by atoms with Gasteiger partial charge >= 0.3 is 5.97 Å². The first kappa shape index (κ1) is 16.9. The first-order valence-corrected chi connectivity index (χ1v) is 7.46. The average molecular weight is 315 g/mol. The maximum atomic E-state index is 12.1. The summed E-state index contributed by atoms with van der Waals surface area (Å²) in [5.74, 6) is 0.626. The summed E-state index contributed by atoms with van der Waals surface area (Å²) >= 11 is 0. The Morgan fingerprint density at radius 1 is 1.26 bits per heavy atom. The Morgan fingerprint density at radius 2 is 1.87 bits per heavy atom. The van der Waals surface area contributed by atoms with E-state index in [0.29, 0.717) is 23.5 Å². The molecule has 23 heavy (non-hydrogen) atoms. The van der Waals surface area contributed by atoms with E-state index in [2.05, 4.69) is 13.8 Å². The minimum atomic E-state index is -0.580. The van der Waals surface area contributed by atoms with E-state index in [-0.39, 0.29) is 17.6 Å². The maximum absolute atomic E-state index is 12.1. The normalized spacial score (nSPS) is 17.0. The number of nitrogens with zero attached hydrogens (tertiary/aromatic N) is 1. The van der Waals surface area contributed by atoms with E-state index in [4.69, 9.17) is 14.2 Å². The number of hydrogen-bond acceptors (Lipinski definition) is 5. The molecule has 0 radical (unpaired) electrons. The lowest BCUT2D eigenvalue weighted by atomic mass is 9.86. The third-order valence-corrected chi connectivity index (χ3v) is 4.09. The van der Waals surface area contributed by atoms with Crippen LogP contribution < -0.4 is 9.47 Å². The zero-order valence-electron chi connectivity index (χ0n) is 14.1. The minimum Gasteiger partial charge on any atom is -0.493 e. The minimum absolute atomic E-state index is 0.0610. The Bertz CT molecular complexity index is 710. The summed E-state index contributed by atoms with van der Waals surface area (Å²) in [7, 11) is 3.15. The van der Waals surface area contributed by atoms with Crippen LogP contribution in [0.15, 0.2) is 17.7 Å². The largest absolute Gasteiger partial charge is 0.493 e. The molecule has 0 saturated carbocycles. The highest BCUT2D eigenvalue weighted by Gasteiger charge is 2.37. The van der Waals surface area contributed by atoms with Crippen LogP contribution in [-0.2, 0) is 14.9 Å². The summed E-state index contributed by atoms with van der Waals surface area (Å²) in [4.78, 5) is 12.1. The molecule has 122 valence electrons. The Kier molecular flexibility index (Phi) is 4.65. The van der Waals surface area contributed by atoms with Crippen molar-refractivity contribution in [3.8, 4) is 17.6 Å². The number of benzene rings is 1. The number of rotatable bonds is 4. The van der Waals surface area contributed by atoms with E-state index in [0.717, 1.165) is 11.1 Å². The van der Waals surface area contributed by atoms with Crippen LogP contribution in [0.4, 0.5) is 0 Å². The molecule has 0 unspecified atom stereocenters. The van der Waals surface area contributed by atoms with Crippen molar-refractivity contribution in [1.29, 1.82) is 5.26 Å². The molecule has 0 heterocycles. The maximum Gasteiger partial charge on any atom is 0.349 e. The fourth-order valence-corrected chi connectivity index (χ4v) is 2.98. The fourth-order valence-electron chi connectivity index (χ4n) is 2.98. The van der Waals surface area contributed by atoms with Gasteiger partial charge in [0.05, 0.1) is 20.8 Å². The number of esters is 1. The van der Waals surface area contributed by atoms with Crippen molar-refractivity contribution in [2.75, 3.05) is 20.8 Å². The summed E-state index contributed by atoms with van der Waals surface area (Å²) in [5, 5.41) is 9.44. The van der Waals surface area contributed by atoms with Gasteiger partial charge in [0.25, 0.3) is 0 Å². The van der Waals surface area contributed by atoms with Crippen molar-refractivity contribution in [2.45, 2.75) is 32.6 Å². The molecule has 1 aliphatic rings. The van der Waals surface area contributed by atoms with Crippen molar-refractivity contribution in [1.82, 2.24) is 0 Å². The second-order valence-corrected chi connectivity index (χ2v) is 6.00. The molecule has 1 aromatic carbocycles. The third kappa shape index (κ3) is 2.89. The van der Waals surface area contributed by atoms with Crippen LogP contribution in [0.2, 0.25) is 0 Å². The number of fused-ring (bicyclic) bond motifs is 1. The highest BCUT2D eigenvalue weighted by molar-refractivity contribution is 6.03. The van der Waals surface area contributed by atoms with E-state index in [1.165, 1.54) is 0 Å². The number of nitriles is 1. The molecule has 1 aromatic rings. The number of carbonyl (C=O) groups excluding carboxylic acids is 1. The molecule has 0 fully saturated rings. The molecule has 2 rings (SSSR count). The summed E-state index contributed by atoms with van der Waals surface area (Å²) in [6.07, 6.45) is 0.584. The van der Waals surface area contributed by atoms with Crippen LogP contribution in [0.1, 0.15) is 38.3 Å². The lowest BCUT2D eigenvalue weighted by Crippen LogP contribution is -2.12. The first-order chi connectivity index (χ1) is 10.9. The molecule has 0 aromatic heterocycles. The Balaban J connectivity index is 2.71. The molecule has 0 N–H and O–H groups in total. The van der Waals surface area contributed by atoms with Gasteiger partial charge in [-0.2, -0.15) is 5.26 Å². The van der Waals surface area contributed by atoms with Crippen molar-refractivity contribution in [3.05, 3.63) is 28.8 Å². The highest BCUT2D eigenvalue weighted by atomic mass is 16.5. The SMILES string of the molecule is CCOC(=O)/C(C#N)=C1\CC(C)(C)c2cc(OC)c(OC)cc21. The molecular formula is C18H21NO4. The molecular weight excluding hydrogens is 294 g/mol. The first-order valence-electron chi connectivity index (χ1n) is 7.46. The molecule has 0 aliphatic heterocycles. The average Bonchev–Trinajstić information content (AvgIpc) is 2.78. The molecule has 0 atom stereocenters. The Hall–Kier alpha value is -2.48. The quantitative estimate of drug-likeness (QED) is 0.485. The van der Waals surface area contributed by atoms with Gasteiger partial charge in [0.2, 0.25) is 0 Å². The zero-order valence-corrected chi connectivity index (χ0v) is 14.1. The van der Waals surface area contributed by atoms with Crippen LogP contribution in [0, 0.1) is 11.3 Å². The highest BCUT2D eigenvalue weighted by Crippen LogP contribution is 2.50. The number of ether oxygens (including phenoxy) is 3. The van der Waals surface area contributed by atoms with Gasteiger partial charge < -0.3 is 14.2 Å². The van der Waals surface area contributed by atoms with E-state index in [1.54, 1.807) is 21.1 Å². The van der Waals surface area contributed by atoms with Crippen LogP contribution in [0.3, 0.4) is 0 Å². The van der Waals surface area contributed by atoms with E-state index >= 15 is 0 Å². The van der Waals surface area contributed by atoms with E-state index < -0.39 is 5.97 Å². The topological polar surface area (TPSA) is 68.6 Å². The fraction of sp³-hybridized carbons (Fsp3) is 0.444. The summed E-state index contributed by atoms with van der Waals surface area (Å²) in [6, 6.07) is 5.75. The molecule has 0 bridgehead atoms. The molecule has 0 spiro atoms. The van der Waals surface area contributed by atoms with Crippen LogP contribution in [0.25, 0.3) is 5.57 Å². The van der Waals surface area contributed by atoms with Crippen LogP contribution >= 0.6 is 0 Å². The lowest BCUT2D eigenvalue weighted by Gasteiger charge is -2.19. The predicted octanol–water partition coefficient (Wildman–Crippen LogP) is 3.23. The smallest absolute Gasteiger partial charge is 0.349 e. The van der Waals surface area contributed by atoms with Crippen molar-refractivity contribution in [3.63, 3.8) is 0 Å². The lowest BCUT2D eigenvalue weighted by molar-refractivity contribution is -0.137. The monoisotopic (exact) mass is 315 g/mol. The van der Waals surface area contributed by atoms with Gasteiger partial charge in [-0.3, -0.25) is 0 Å². The van der Waals surface area contributed by atoms with Crippen molar-refractivity contribution < 1.29 is 19.0 Å². The van der Waals surface area contributed by atoms with Crippen LogP contribution in [0.5, 0.6) is 11.5 Å². The molecule has 0 saturated heterocycles. The van der Waals surface area contributed by atoms with Crippen molar-refractivity contribution >= 4 is 11.5 Å². The van der Waals surface area contributed by atoms with Crippen LogP contribution in [-0.4, -0.2) is 26.8 Å². The second-order valence-electron chi connectivity index (χ2n) is 6.00. The predicted molar refractivity (Wildman–Crippen MR) is 86.4 cm³/mol. The standard InChI is InChI=1S/C18H21NO4/c1-6-23-17(20)13(10-19)12-9-18(2,3)14-8-16(22-5)15(21-4)7-11(12)14/h7-8H,6,9H2,1-5H3/b13-12+. The molecule has 1 aliphatic carbocycles. The molecule has 5 heteroatoms. The van der Waals surface area contributed by atoms with Gasteiger partial charge in [0.15, 0.2) is 11.5 Å². The van der Waals surface area contributed by atoms with Gasteiger partial charge in [-0.1, -0.05) is 13.8 Å². The summed E-state index contributed by atoms with van der Waals surface area (Å²) in [5.41, 5.74) is 2.43. The molecule has 0 amide bonds. The number of methoxy groups -OCH3 is 2. The van der Waals surface area contributed by atoms with Gasteiger partial charge in [-0.05, 0) is 47.6 Å². The Labute approximate surface area is 136 Å². The van der Waals surface area contributed by atoms with E-state index in [1.807, 2.05) is 18.2 Å². The number of hydrogen-bond donors (Lipinski definition) is 0. The third-order valence-electron chi connectivity index (χ3n) is 4.09. The van der Waals surface area contributed by atoms with Gasteiger partial charge in [0, 0.05) is 0 Å². The van der Waals surface area contributed by atoms with Gasteiger partial charge in [0.1, 0.15) is 11.6 Å². The van der Waals surface area contributed by atoms with Crippen molar-refractivity contribution in [2.24, 2.45) is 0 Å². The number of allylic oxidation sites excluding steroid dienone is 1. The Morgan fingerprint density at radius 3 is 2.39 bits per heavy atom. The van der Waals surface area contributed by atoms with Gasteiger partial charge in [-0.25, -0.2) is 4.79 Å². The number of carbonyl (C=O) groups is 1. The molecule has 5 nitrogen and oxygen atoms in total.